The van der Waals surface area contributed by atoms with E-state index < -0.39 is 30.3 Å². The van der Waals surface area contributed by atoms with Crippen molar-refractivity contribution >= 4 is 11.9 Å². The molecule has 0 aromatic rings. The Hall–Kier alpha value is -1.14. The molecule has 0 aliphatic carbocycles. The van der Waals surface area contributed by atoms with Crippen molar-refractivity contribution < 1.29 is 28.5 Å². The maximum Gasteiger partial charge on any atom is 0.303 e. The van der Waals surface area contributed by atoms with Gasteiger partial charge in [0.2, 0.25) is 0 Å². The average molecular weight is 230 g/mol. The molecule has 90 valence electrons. The molecule has 2 bridgehead atoms. The molecule has 2 aliphatic rings. The quantitative estimate of drug-likeness (QED) is 0.604. The lowest BCUT2D eigenvalue weighted by Gasteiger charge is -2.32. The van der Waals surface area contributed by atoms with Crippen molar-refractivity contribution in [2.75, 3.05) is 13.2 Å². The lowest BCUT2D eigenvalue weighted by Crippen LogP contribution is -2.51. The van der Waals surface area contributed by atoms with E-state index in [9.17, 15) is 9.59 Å². The molecular formula is C10H14O6. The average Bonchev–Trinajstić information content (AvgIpc) is 2.41. The lowest BCUT2D eigenvalue weighted by atomic mass is 10.0. The van der Waals surface area contributed by atoms with Crippen LogP contribution in [0.1, 0.15) is 13.8 Å². The summed E-state index contributed by atoms with van der Waals surface area (Å²) in [6.45, 7) is 3.30. The summed E-state index contributed by atoms with van der Waals surface area (Å²) >= 11 is 0. The summed E-state index contributed by atoms with van der Waals surface area (Å²) in [5.74, 6) is -0.790. The van der Waals surface area contributed by atoms with Crippen molar-refractivity contribution in [3.8, 4) is 0 Å². The summed E-state index contributed by atoms with van der Waals surface area (Å²) in [4.78, 5) is 21.8. The number of hydrogen-bond acceptors (Lipinski definition) is 6. The van der Waals surface area contributed by atoms with E-state index >= 15 is 0 Å². The minimum absolute atomic E-state index is 0.249. The first-order valence-corrected chi connectivity index (χ1v) is 5.15. The molecule has 2 rings (SSSR count). The molecule has 0 aromatic carbocycles. The van der Waals surface area contributed by atoms with E-state index in [0.717, 1.165) is 0 Å². The Morgan fingerprint density at radius 2 is 1.75 bits per heavy atom. The van der Waals surface area contributed by atoms with Gasteiger partial charge in [-0.1, -0.05) is 0 Å². The zero-order valence-corrected chi connectivity index (χ0v) is 9.17. The smallest absolute Gasteiger partial charge is 0.303 e. The number of esters is 2. The fourth-order valence-electron chi connectivity index (χ4n) is 2.03. The van der Waals surface area contributed by atoms with Gasteiger partial charge in [0.15, 0.2) is 12.2 Å². The lowest BCUT2D eigenvalue weighted by molar-refractivity contribution is -0.185. The molecule has 0 saturated carbocycles. The highest BCUT2D eigenvalue weighted by Crippen LogP contribution is 2.29. The summed E-state index contributed by atoms with van der Waals surface area (Å²) in [6.07, 6.45) is -1.64. The fraction of sp³-hybridized carbons (Fsp3) is 0.800. The van der Waals surface area contributed by atoms with Gasteiger partial charge in [-0.05, 0) is 0 Å². The van der Waals surface area contributed by atoms with E-state index in [1.54, 1.807) is 0 Å². The van der Waals surface area contributed by atoms with Crippen LogP contribution in [0.15, 0.2) is 0 Å². The second-order valence-electron chi connectivity index (χ2n) is 3.89. The Kier molecular flexibility index (Phi) is 3.11. The molecule has 0 unspecified atom stereocenters. The van der Waals surface area contributed by atoms with Gasteiger partial charge in [0.05, 0.1) is 13.2 Å². The Balaban J connectivity index is 2.04. The molecule has 2 aliphatic heterocycles. The maximum absolute atomic E-state index is 10.9. The molecule has 0 N–H and O–H groups in total. The summed E-state index contributed by atoms with van der Waals surface area (Å²) < 4.78 is 21.0. The highest BCUT2D eigenvalue weighted by Gasteiger charge is 2.50. The van der Waals surface area contributed by atoms with Crippen LogP contribution in [0.5, 0.6) is 0 Å². The van der Waals surface area contributed by atoms with Gasteiger partial charge < -0.3 is 18.9 Å². The first-order valence-electron chi connectivity index (χ1n) is 5.15. The monoisotopic (exact) mass is 230 g/mol. The highest BCUT2D eigenvalue weighted by atomic mass is 16.7. The molecule has 2 fully saturated rings. The standard InChI is InChI=1S/C10H14O6/c1-5(11)15-8-4-13-7-3-14-9(8)10(7)16-6(2)12/h7-10H,3-4H2,1-2H3/t7-,8+,9-,10+/m1/s1. The van der Waals surface area contributed by atoms with E-state index in [0.29, 0.717) is 6.61 Å². The van der Waals surface area contributed by atoms with Gasteiger partial charge in [-0.3, -0.25) is 9.59 Å². The first-order chi connectivity index (χ1) is 7.58. The highest BCUT2D eigenvalue weighted by molar-refractivity contribution is 5.67. The summed E-state index contributed by atoms with van der Waals surface area (Å²) in [5, 5.41) is 0. The van der Waals surface area contributed by atoms with E-state index in [4.69, 9.17) is 18.9 Å². The summed E-state index contributed by atoms with van der Waals surface area (Å²) in [5.41, 5.74) is 0. The van der Waals surface area contributed by atoms with E-state index in [-0.39, 0.29) is 12.7 Å². The molecule has 0 aromatic heterocycles. The number of ether oxygens (including phenoxy) is 4. The van der Waals surface area contributed by atoms with Crippen LogP contribution in [-0.2, 0) is 28.5 Å². The van der Waals surface area contributed by atoms with Crippen LogP contribution < -0.4 is 0 Å². The number of carbonyl (C=O) groups excluding carboxylic acids is 2. The maximum atomic E-state index is 10.9. The molecule has 2 heterocycles. The minimum atomic E-state index is -0.499. The summed E-state index contributed by atoms with van der Waals surface area (Å²) in [6, 6.07) is 0. The van der Waals surface area contributed by atoms with E-state index in [1.807, 2.05) is 0 Å². The van der Waals surface area contributed by atoms with Crippen LogP contribution in [0, 0.1) is 0 Å². The van der Waals surface area contributed by atoms with Crippen molar-refractivity contribution in [2.24, 2.45) is 0 Å². The Bertz CT molecular complexity index is 302. The summed E-state index contributed by atoms with van der Waals surface area (Å²) in [7, 11) is 0. The zero-order chi connectivity index (χ0) is 11.7. The third kappa shape index (κ3) is 2.17. The Morgan fingerprint density at radius 3 is 2.38 bits per heavy atom. The normalized spacial score (nSPS) is 36.9. The number of fused-ring (bicyclic) bond motifs is 2. The van der Waals surface area contributed by atoms with Gasteiger partial charge in [-0.2, -0.15) is 0 Å². The van der Waals surface area contributed by atoms with Gasteiger partial charge in [-0.15, -0.1) is 0 Å². The number of hydrogen-bond donors (Lipinski definition) is 0. The van der Waals surface area contributed by atoms with E-state index in [2.05, 4.69) is 0 Å². The third-order valence-electron chi connectivity index (χ3n) is 2.60. The first kappa shape index (κ1) is 11.3. The molecular weight excluding hydrogens is 216 g/mol. The third-order valence-corrected chi connectivity index (χ3v) is 2.60. The van der Waals surface area contributed by atoms with Crippen LogP contribution in [0.25, 0.3) is 0 Å². The van der Waals surface area contributed by atoms with Crippen LogP contribution in [-0.4, -0.2) is 49.6 Å². The van der Waals surface area contributed by atoms with Gasteiger partial charge >= 0.3 is 11.9 Å². The van der Waals surface area contributed by atoms with Crippen molar-refractivity contribution in [3.05, 3.63) is 0 Å². The molecule has 2 saturated heterocycles. The van der Waals surface area contributed by atoms with Crippen molar-refractivity contribution in [1.29, 1.82) is 0 Å². The van der Waals surface area contributed by atoms with Crippen molar-refractivity contribution in [3.63, 3.8) is 0 Å². The number of rotatable bonds is 2. The molecule has 0 amide bonds. The van der Waals surface area contributed by atoms with E-state index in [1.165, 1.54) is 13.8 Å². The number of carbonyl (C=O) groups is 2. The second kappa shape index (κ2) is 4.39. The molecule has 0 spiro atoms. The SMILES string of the molecule is CC(=O)O[C@@H]1[C@@H]2OC[C@H]1OC[C@@H]2OC(C)=O. The molecule has 6 heteroatoms. The largest absolute Gasteiger partial charge is 0.457 e. The second-order valence-corrected chi connectivity index (χ2v) is 3.89. The van der Waals surface area contributed by atoms with Crippen molar-refractivity contribution in [1.82, 2.24) is 0 Å². The minimum Gasteiger partial charge on any atom is -0.457 e. The van der Waals surface area contributed by atoms with Gasteiger partial charge in [-0.25, -0.2) is 0 Å². The zero-order valence-electron chi connectivity index (χ0n) is 9.17. The predicted octanol–water partition coefficient (Wildman–Crippen LogP) is -0.353. The van der Waals surface area contributed by atoms with Crippen LogP contribution in [0.2, 0.25) is 0 Å². The fourth-order valence-corrected chi connectivity index (χ4v) is 2.03. The molecule has 6 nitrogen and oxygen atoms in total. The van der Waals surface area contributed by atoms with Gasteiger partial charge in [0.1, 0.15) is 12.2 Å². The van der Waals surface area contributed by atoms with Gasteiger partial charge in [0.25, 0.3) is 0 Å². The van der Waals surface area contributed by atoms with Crippen LogP contribution in [0.4, 0.5) is 0 Å². The predicted molar refractivity (Wildman–Crippen MR) is 50.6 cm³/mol. The Labute approximate surface area is 92.8 Å². The van der Waals surface area contributed by atoms with Crippen LogP contribution in [0.3, 0.4) is 0 Å². The molecule has 0 radical (unpaired) electrons. The molecule has 16 heavy (non-hydrogen) atoms. The molecule has 4 atom stereocenters. The van der Waals surface area contributed by atoms with Crippen LogP contribution >= 0.6 is 0 Å². The van der Waals surface area contributed by atoms with Crippen molar-refractivity contribution in [2.45, 2.75) is 38.3 Å². The Morgan fingerprint density at radius 1 is 1.06 bits per heavy atom. The topological polar surface area (TPSA) is 71.1 Å². The van der Waals surface area contributed by atoms with Gasteiger partial charge in [0, 0.05) is 13.8 Å².